The number of hydrogen-bond acceptors (Lipinski definition) is 2. The Morgan fingerprint density at radius 1 is 0.786 bits per heavy atom. The third-order valence-corrected chi connectivity index (χ3v) is 1.45. The standard InChI is InChI=1S/C7H8.C5H5NO/c2*1-2-4-6-7-5-3-1/h1-6H,7H2;1-5H. The van der Waals surface area contributed by atoms with E-state index in [-0.39, 0.29) is 0 Å². The predicted octanol–water partition coefficient (Wildman–Crippen LogP) is 3.13. The van der Waals surface area contributed by atoms with E-state index < -0.39 is 0 Å². The minimum Gasteiger partial charge on any atom is -0.365 e. The van der Waals surface area contributed by atoms with Crippen LogP contribution in [0.4, 0.5) is 0 Å². The van der Waals surface area contributed by atoms with Crippen LogP contribution in [0.15, 0.2) is 66.1 Å². The van der Waals surface area contributed by atoms with Crippen molar-refractivity contribution in [1.29, 1.82) is 0 Å². The van der Waals surface area contributed by atoms with Gasteiger partial charge in [-0.2, -0.15) is 0 Å². The van der Waals surface area contributed by atoms with Crippen molar-refractivity contribution in [2.75, 3.05) is 0 Å². The summed E-state index contributed by atoms with van der Waals surface area (Å²) >= 11 is 0. The van der Waals surface area contributed by atoms with Crippen molar-refractivity contribution < 1.29 is 4.84 Å². The summed E-state index contributed by atoms with van der Waals surface area (Å²) in [4.78, 5) is 4.52. The molecule has 0 atom stereocenters. The molecule has 0 aromatic carbocycles. The summed E-state index contributed by atoms with van der Waals surface area (Å²) in [5.74, 6) is 0. The lowest BCUT2D eigenvalue weighted by Crippen LogP contribution is -1.61. The lowest BCUT2D eigenvalue weighted by Gasteiger charge is -1.77. The average Bonchev–Trinajstić information content (AvgIpc) is 2.68. The minimum absolute atomic E-state index is 1.08. The fourth-order valence-corrected chi connectivity index (χ4v) is 0.821. The highest BCUT2D eigenvalue weighted by molar-refractivity contribution is 5.71. The molecular formula is C12H13NO. The van der Waals surface area contributed by atoms with Gasteiger partial charge in [-0.3, -0.25) is 0 Å². The van der Waals surface area contributed by atoms with Gasteiger partial charge in [0.1, 0.15) is 6.26 Å². The Morgan fingerprint density at radius 3 is 2.29 bits per heavy atom. The topological polar surface area (TPSA) is 21.6 Å². The van der Waals surface area contributed by atoms with Gasteiger partial charge in [0.25, 0.3) is 0 Å². The Morgan fingerprint density at radius 2 is 1.50 bits per heavy atom. The van der Waals surface area contributed by atoms with Gasteiger partial charge < -0.3 is 4.84 Å². The van der Waals surface area contributed by atoms with Gasteiger partial charge in [0.2, 0.25) is 0 Å². The van der Waals surface area contributed by atoms with Crippen molar-refractivity contribution in [3.63, 3.8) is 0 Å². The van der Waals surface area contributed by atoms with E-state index in [4.69, 9.17) is 0 Å². The largest absolute Gasteiger partial charge is 0.365 e. The number of nitrogens with zero attached hydrogens (tertiary/aromatic N) is 1. The molecule has 0 saturated carbocycles. The Bertz CT molecular complexity index is 246. The molecule has 2 nitrogen and oxygen atoms in total. The summed E-state index contributed by atoms with van der Waals surface area (Å²) in [6.45, 7) is 0. The first-order valence-electron chi connectivity index (χ1n) is 4.49. The van der Waals surface area contributed by atoms with Crippen molar-refractivity contribution in [3.05, 3.63) is 60.9 Å². The lowest BCUT2D eigenvalue weighted by atomic mass is 10.4. The smallest absolute Gasteiger partial charge is 0.122 e. The molecule has 14 heavy (non-hydrogen) atoms. The van der Waals surface area contributed by atoms with Crippen molar-refractivity contribution in [2.45, 2.75) is 6.42 Å². The van der Waals surface area contributed by atoms with Crippen LogP contribution in [0.25, 0.3) is 0 Å². The van der Waals surface area contributed by atoms with Crippen LogP contribution < -0.4 is 0 Å². The van der Waals surface area contributed by atoms with Crippen LogP contribution in [0.3, 0.4) is 0 Å². The first-order valence-corrected chi connectivity index (χ1v) is 4.49. The van der Waals surface area contributed by atoms with E-state index in [0.29, 0.717) is 0 Å². The summed E-state index contributed by atoms with van der Waals surface area (Å²) in [7, 11) is 0. The molecule has 1 heterocycles. The number of rotatable bonds is 0. The van der Waals surface area contributed by atoms with Gasteiger partial charge in [-0.05, 0) is 18.6 Å². The lowest BCUT2D eigenvalue weighted by molar-refractivity contribution is 0.271. The molecule has 1 aliphatic heterocycles. The fourth-order valence-electron chi connectivity index (χ4n) is 0.821. The molecule has 0 radical (unpaired) electrons. The first kappa shape index (κ1) is 10.3. The van der Waals surface area contributed by atoms with Crippen LogP contribution in [0.5, 0.6) is 0 Å². The van der Waals surface area contributed by atoms with E-state index in [2.05, 4.69) is 34.3 Å². The van der Waals surface area contributed by atoms with Gasteiger partial charge in [0, 0.05) is 0 Å². The van der Waals surface area contributed by atoms with Gasteiger partial charge in [-0.25, -0.2) is 0 Å². The monoisotopic (exact) mass is 187 g/mol. The molecule has 2 rings (SSSR count). The third-order valence-electron chi connectivity index (χ3n) is 1.45. The number of allylic oxidation sites excluding steroid dienone is 9. The fraction of sp³-hybridized carbons (Fsp3) is 0.0833. The Balaban J connectivity index is 0.000000140. The molecule has 0 bridgehead atoms. The van der Waals surface area contributed by atoms with E-state index in [1.807, 2.05) is 18.2 Å². The summed E-state index contributed by atoms with van der Waals surface area (Å²) < 4.78 is 0. The summed E-state index contributed by atoms with van der Waals surface area (Å²) in [5.41, 5.74) is 0. The summed E-state index contributed by atoms with van der Waals surface area (Å²) in [6.07, 6.45) is 22.0. The van der Waals surface area contributed by atoms with E-state index in [1.165, 1.54) is 6.26 Å². The van der Waals surface area contributed by atoms with Crippen LogP contribution >= 0.6 is 0 Å². The molecular weight excluding hydrogens is 174 g/mol. The molecule has 0 aromatic heterocycles. The van der Waals surface area contributed by atoms with Crippen molar-refractivity contribution in [2.24, 2.45) is 5.16 Å². The Hall–Kier alpha value is -1.83. The molecule has 0 saturated heterocycles. The molecule has 0 spiro atoms. The SMILES string of the molecule is C1=CC=CCC=C1.C1=CC=NOC=C1. The highest BCUT2D eigenvalue weighted by Crippen LogP contribution is 1.92. The van der Waals surface area contributed by atoms with Crippen molar-refractivity contribution in [1.82, 2.24) is 0 Å². The van der Waals surface area contributed by atoms with Gasteiger partial charge in [0.05, 0.1) is 6.21 Å². The molecule has 2 aliphatic rings. The summed E-state index contributed by atoms with van der Waals surface area (Å²) in [5, 5.41) is 3.47. The van der Waals surface area contributed by atoms with Crippen LogP contribution in [-0.2, 0) is 4.84 Å². The Kier molecular flexibility index (Phi) is 5.71. The van der Waals surface area contributed by atoms with Crippen molar-refractivity contribution in [3.8, 4) is 0 Å². The predicted molar refractivity (Wildman–Crippen MR) is 59.9 cm³/mol. The zero-order valence-electron chi connectivity index (χ0n) is 7.91. The molecule has 1 aliphatic carbocycles. The first-order chi connectivity index (χ1) is 7.00. The van der Waals surface area contributed by atoms with Crippen molar-refractivity contribution >= 4 is 6.21 Å². The van der Waals surface area contributed by atoms with E-state index >= 15 is 0 Å². The highest BCUT2D eigenvalue weighted by atomic mass is 16.6. The average molecular weight is 187 g/mol. The van der Waals surface area contributed by atoms with Crippen LogP contribution in [-0.4, -0.2) is 6.21 Å². The van der Waals surface area contributed by atoms with E-state index in [0.717, 1.165) is 6.42 Å². The van der Waals surface area contributed by atoms with Gasteiger partial charge in [-0.15, -0.1) is 0 Å². The second kappa shape index (κ2) is 7.80. The molecule has 0 aromatic rings. The van der Waals surface area contributed by atoms with Gasteiger partial charge in [-0.1, -0.05) is 47.7 Å². The molecule has 0 unspecified atom stereocenters. The minimum atomic E-state index is 1.08. The second-order valence-electron chi connectivity index (χ2n) is 2.55. The van der Waals surface area contributed by atoms with Gasteiger partial charge in [0.15, 0.2) is 0 Å². The maximum atomic E-state index is 4.52. The normalized spacial score (nSPS) is 16.6. The van der Waals surface area contributed by atoms with Crippen LogP contribution in [0.2, 0.25) is 0 Å². The van der Waals surface area contributed by atoms with E-state index in [9.17, 15) is 0 Å². The third kappa shape index (κ3) is 5.77. The maximum absolute atomic E-state index is 4.52. The second-order valence-corrected chi connectivity index (χ2v) is 2.55. The highest BCUT2D eigenvalue weighted by Gasteiger charge is 1.71. The molecule has 0 amide bonds. The molecule has 72 valence electrons. The zero-order valence-corrected chi connectivity index (χ0v) is 7.91. The Labute approximate surface area is 84.3 Å². The quantitative estimate of drug-likeness (QED) is 0.571. The van der Waals surface area contributed by atoms with Gasteiger partial charge >= 0.3 is 0 Å². The molecule has 0 fully saturated rings. The zero-order chi connectivity index (χ0) is 9.90. The van der Waals surface area contributed by atoms with Crippen LogP contribution in [0, 0.1) is 0 Å². The molecule has 0 N–H and O–H groups in total. The number of hydrogen-bond donors (Lipinski definition) is 0. The number of oxime groups is 1. The molecule has 2 heteroatoms. The van der Waals surface area contributed by atoms with Crippen LogP contribution in [0.1, 0.15) is 6.42 Å². The maximum Gasteiger partial charge on any atom is 0.122 e. The van der Waals surface area contributed by atoms with E-state index in [1.54, 1.807) is 18.4 Å². The summed E-state index contributed by atoms with van der Waals surface area (Å²) in [6, 6.07) is 0.